The summed E-state index contributed by atoms with van der Waals surface area (Å²) in [6.07, 6.45) is 0. The summed E-state index contributed by atoms with van der Waals surface area (Å²) in [5, 5.41) is 10.3. The monoisotopic (exact) mass is 927 g/mol. The number of anilines is 3. The highest BCUT2D eigenvalue weighted by atomic mass is 32.1. The third-order valence-electron chi connectivity index (χ3n) is 14.1. The number of rotatable bonds is 10. The minimum absolute atomic E-state index is 0.889. The Morgan fingerprint density at radius 3 is 1.17 bits per heavy atom. The van der Waals surface area contributed by atoms with Crippen LogP contribution in [0.3, 0.4) is 0 Å². The average molecular weight is 928 g/mol. The average Bonchev–Trinajstić information content (AvgIpc) is 4.00. The van der Waals surface area contributed by atoms with Crippen LogP contribution in [-0.2, 0) is 0 Å². The number of nitrogens with zero attached hydrogens (tertiary/aromatic N) is 1. The molecule has 0 radical (unpaired) electrons. The first-order chi connectivity index (χ1) is 34.7. The highest BCUT2D eigenvalue weighted by Crippen LogP contribution is 2.42. The Labute approximate surface area is 412 Å². The minimum Gasteiger partial charge on any atom is -0.456 e. The molecule has 4 heteroatoms. The maximum Gasteiger partial charge on any atom is 0.179 e. The van der Waals surface area contributed by atoms with E-state index in [1.54, 1.807) is 0 Å². The van der Waals surface area contributed by atoms with Gasteiger partial charge in [-0.3, -0.25) is 0 Å². The Bertz CT molecular complexity index is 3860. The summed E-state index contributed by atoms with van der Waals surface area (Å²) in [7, 11) is -2.62. The fourth-order valence-corrected chi connectivity index (χ4v) is 16.5. The van der Waals surface area contributed by atoms with E-state index in [1.807, 2.05) is 17.4 Å². The van der Waals surface area contributed by atoms with Crippen LogP contribution in [-0.4, -0.2) is 8.07 Å². The third kappa shape index (κ3) is 7.25. The zero-order valence-corrected chi connectivity index (χ0v) is 40.1. The quantitative estimate of drug-likeness (QED) is 0.100. The van der Waals surface area contributed by atoms with Gasteiger partial charge in [-0.15, -0.1) is 11.3 Å². The van der Waals surface area contributed by atoms with Crippen molar-refractivity contribution >= 4 is 99.3 Å². The molecule has 0 fully saturated rings. The van der Waals surface area contributed by atoms with E-state index in [1.165, 1.54) is 57.6 Å². The highest BCUT2D eigenvalue weighted by molar-refractivity contribution is 7.25. The minimum atomic E-state index is -2.62. The maximum atomic E-state index is 6.52. The molecule has 0 atom stereocenters. The van der Waals surface area contributed by atoms with Crippen molar-refractivity contribution in [1.82, 2.24) is 0 Å². The highest BCUT2D eigenvalue weighted by Gasteiger charge is 2.41. The molecule has 0 saturated carbocycles. The number of furan rings is 1. The topological polar surface area (TPSA) is 16.4 Å². The molecule has 0 amide bonds. The zero-order chi connectivity index (χ0) is 46.4. The van der Waals surface area contributed by atoms with Crippen LogP contribution in [0.25, 0.3) is 75.5 Å². The van der Waals surface area contributed by atoms with E-state index in [0.29, 0.717) is 0 Å². The van der Waals surface area contributed by atoms with E-state index in [9.17, 15) is 0 Å². The summed E-state index contributed by atoms with van der Waals surface area (Å²) in [5.41, 5.74) is 12.0. The zero-order valence-electron chi connectivity index (χ0n) is 38.2. The molecule has 0 N–H and O–H groups in total. The molecule has 13 aromatic rings. The van der Waals surface area contributed by atoms with Crippen molar-refractivity contribution in [3.63, 3.8) is 0 Å². The third-order valence-corrected chi connectivity index (χ3v) is 20.0. The molecule has 2 aromatic heterocycles. The molecule has 0 unspecified atom stereocenters. The van der Waals surface area contributed by atoms with Crippen LogP contribution >= 0.6 is 11.3 Å². The lowest BCUT2D eigenvalue weighted by Gasteiger charge is -2.34. The largest absolute Gasteiger partial charge is 0.456 e. The fraction of sp³-hybridized carbons (Fsp3) is 0. The molecule has 13 rings (SSSR count). The predicted molar refractivity (Wildman–Crippen MR) is 301 cm³/mol. The van der Waals surface area contributed by atoms with E-state index in [-0.39, 0.29) is 0 Å². The van der Waals surface area contributed by atoms with Gasteiger partial charge in [-0.05, 0) is 121 Å². The molecule has 330 valence electrons. The van der Waals surface area contributed by atoms with Crippen LogP contribution < -0.4 is 25.6 Å². The summed E-state index contributed by atoms with van der Waals surface area (Å²) in [6, 6.07) is 100.0. The fourth-order valence-electron chi connectivity index (χ4n) is 10.7. The first kappa shape index (κ1) is 41.6. The van der Waals surface area contributed by atoms with Crippen molar-refractivity contribution in [3.05, 3.63) is 273 Å². The van der Waals surface area contributed by atoms with Crippen molar-refractivity contribution < 1.29 is 4.42 Å². The molecule has 0 aliphatic heterocycles. The molecule has 0 bridgehead atoms. The van der Waals surface area contributed by atoms with Crippen LogP contribution in [0.5, 0.6) is 0 Å². The summed E-state index contributed by atoms with van der Waals surface area (Å²) >= 11 is 1.85. The van der Waals surface area contributed by atoms with Gasteiger partial charge >= 0.3 is 0 Å². The first-order valence-electron chi connectivity index (χ1n) is 23.9. The molecule has 70 heavy (non-hydrogen) atoms. The molecule has 0 saturated heterocycles. The van der Waals surface area contributed by atoms with Crippen molar-refractivity contribution in [2.75, 3.05) is 4.90 Å². The van der Waals surface area contributed by atoms with E-state index in [2.05, 4.69) is 272 Å². The predicted octanol–water partition coefficient (Wildman–Crippen LogP) is 15.8. The van der Waals surface area contributed by atoms with E-state index in [0.717, 1.165) is 55.7 Å². The molecule has 2 nitrogen and oxygen atoms in total. The Balaban J connectivity index is 0.858. The maximum absolute atomic E-state index is 6.52. The second-order valence-corrected chi connectivity index (χ2v) is 22.9. The van der Waals surface area contributed by atoms with Crippen LogP contribution in [0, 0.1) is 0 Å². The number of benzene rings is 11. The van der Waals surface area contributed by atoms with Gasteiger partial charge in [0.25, 0.3) is 0 Å². The standard InChI is InChI=1S/C66H45NOSSi/c1-5-15-46(16-6-1)50-31-40-59-60-41-32-51(44-64(60)68-63(59)43-50)49-27-35-53(36-28-49)67(54-37-42-62-61-23-13-14-24-65(61)69-66(62)45-54)52-33-25-47(26-34-52)48-29-38-58(39-30-48)70(55-17-7-2-8-18-55,56-19-9-3-10-20-56)57-21-11-4-12-22-57/h1-45H. The second-order valence-electron chi connectivity index (χ2n) is 18.0. The molecular formula is C66H45NOSSi. The van der Waals surface area contributed by atoms with Crippen molar-refractivity contribution in [2.24, 2.45) is 0 Å². The second kappa shape index (κ2) is 17.5. The van der Waals surface area contributed by atoms with Crippen LogP contribution in [0.4, 0.5) is 17.1 Å². The van der Waals surface area contributed by atoms with Gasteiger partial charge in [0, 0.05) is 48.0 Å². The van der Waals surface area contributed by atoms with Gasteiger partial charge in [-0.2, -0.15) is 0 Å². The van der Waals surface area contributed by atoms with Gasteiger partial charge < -0.3 is 9.32 Å². The number of hydrogen-bond donors (Lipinski definition) is 0. The summed E-state index contributed by atoms with van der Waals surface area (Å²) in [5.74, 6) is 0. The van der Waals surface area contributed by atoms with Crippen molar-refractivity contribution in [2.45, 2.75) is 0 Å². The number of thiophene rings is 1. The van der Waals surface area contributed by atoms with Gasteiger partial charge in [0.05, 0.1) is 0 Å². The van der Waals surface area contributed by atoms with Crippen molar-refractivity contribution in [1.29, 1.82) is 0 Å². The summed E-state index contributed by atoms with van der Waals surface area (Å²) in [6.45, 7) is 0. The van der Waals surface area contributed by atoms with Crippen LogP contribution in [0.2, 0.25) is 0 Å². The van der Waals surface area contributed by atoms with Gasteiger partial charge in [0.15, 0.2) is 8.07 Å². The Morgan fingerprint density at radius 2 is 0.643 bits per heavy atom. The molecule has 2 heterocycles. The SMILES string of the molecule is c1ccc(-c2ccc3c(c2)oc2cc(-c4ccc(N(c5ccc(-c6ccc([Si](c7ccccc7)(c7ccccc7)c7ccccc7)cc6)cc5)c5ccc6c(c5)sc5ccccc56)cc4)ccc23)cc1. The van der Waals surface area contributed by atoms with Gasteiger partial charge in [0.1, 0.15) is 11.2 Å². The summed E-state index contributed by atoms with van der Waals surface area (Å²) in [4.78, 5) is 2.38. The lowest BCUT2D eigenvalue weighted by Crippen LogP contribution is -2.74. The molecule has 11 aromatic carbocycles. The first-order valence-corrected chi connectivity index (χ1v) is 26.7. The molecule has 0 aliphatic carbocycles. The summed E-state index contributed by atoms with van der Waals surface area (Å²) < 4.78 is 9.10. The normalized spacial score (nSPS) is 11.7. The molecule has 0 spiro atoms. The van der Waals surface area contributed by atoms with Gasteiger partial charge in [-0.1, -0.05) is 206 Å². The number of fused-ring (bicyclic) bond motifs is 6. The Morgan fingerprint density at radius 1 is 0.271 bits per heavy atom. The molecule has 0 aliphatic rings. The van der Waals surface area contributed by atoms with Gasteiger partial charge in [0.2, 0.25) is 0 Å². The van der Waals surface area contributed by atoms with Crippen LogP contribution in [0.1, 0.15) is 0 Å². The van der Waals surface area contributed by atoms with Crippen LogP contribution in [0.15, 0.2) is 277 Å². The van der Waals surface area contributed by atoms with E-state index < -0.39 is 8.07 Å². The van der Waals surface area contributed by atoms with E-state index >= 15 is 0 Å². The lowest BCUT2D eigenvalue weighted by atomic mass is 10.0. The Kier molecular flexibility index (Phi) is 10.4. The molecular weight excluding hydrogens is 883 g/mol. The number of hydrogen-bond acceptors (Lipinski definition) is 3. The van der Waals surface area contributed by atoms with E-state index in [4.69, 9.17) is 4.42 Å². The lowest BCUT2D eigenvalue weighted by molar-refractivity contribution is 0.669. The Hall–Kier alpha value is -8.54. The van der Waals surface area contributed by atoms with Crippen molar-refractivity contribution in [3.8, 4) is 33.4 Å². The smallest absolute Gasteiger partial charge is 0.179 e. The van der Waals surface area contributed by atoms with Gasteiger partial charge in [-0.25, -0.2) is 0 Å².